The van der Waals surface area contributed by atoms with Crippen LogP contribution in [-0.2, 0) is 16.6 Å². The maximum Gasteiger partial charge on any atom is 0.232 e. The summed E-state index contributed by atoms with van der Waals surface area (Å²) in [6.45, 7) is 0. The Labute approximate surface area is 167 Å². The molecule has 0 fully saturated rings. The van der Waals surface area contributed by atoms with Crippen LogP contribution in [0.4, 0.5) is 0 Å². The Kier molecular flexibility index (Phi) is 5.57. The fraction of sp³-hybridized carbons (Fsp3) is 0.0952. The molecule has 0 aliphatic rings. The van der Waals surface area contributed by atoms with Gasteiger partial charge in [0.25, 0.3) is 0 Å². The molecule has 26 heavy (non-hydrogen) atoms. The van der Waals surface area contributed by atoms with Crippen molar-refractivity contribution >= 4 is 40.7 Å². The molecule has 0 bridgehead atoms. The van der Waals surface area contributed by atoms with E-state index in [-0.39, 0.29) is 0 Å². The van der Waals surface area contributed by atoms with Crippen LogP contribution in [0, 0.1) is 0 Å². The van der Waals surface area contributed by atoms with Crippen LogP contribution in [0.25, 0.3) is 0 Å². The molecule has 0 heterocycles. The molecule has 2 nitrogen and oxygen atoms in total. The van der Waals surface area contributed by atoms with Crippen molar-refractivity contribution in [2.75, 3.05) is 0 Å². The van der Waals surface area contributed by atoms with Crippen molar-refractivity contribution in [2.24, 2.45) is 5.73 Å². The van der Waals surface area contributed by atoms with E-state index >= 15 is 0 Å². The molecule has 0 spiro atoms. The lowest BCUT2D eigenvalue weighted by atomic mass is 9.70. The quantitative estimate of drug-likeness (QED) is 0.585. The van der Waals surface area contributed by atoms with E-state index in [1.54, 1.807) is 36.4 Å². The number of carbonyl (C=O) groups excluding carboxylic acids is 1. The van der Waals surface area contributed by atoms with Crippen molar-refractivity contribution in [3.63, 3.8) is 0 Å². The first-order chi connectivity index (χ1) is 12.4. The molecule has 0 aliphatic heterocycles. The molecule has 3 aromatic rings. The first-order valence-electron chi connectivity index (χ1n) is 7.98. The fourth-order valence-electron chi connectivity index (χ4n) is 3.12. The smallest absolute Gasteiger partial charge is 0.232 e. The molecule has 5 heteroatoms. The second-order valence-electron chi connectivity index (χ2n) is 6.09. The average Bonchev–Trinajstić information content (AvgIpc) is 2.63. The summed E-state index contributed by atoms with van der Waals surface area (Å²) in [5.74, 6) is -0.447. The van der Waals surface area contributed by atoms with E-state index in [0.29, 0.717) is 21.5 Å². The highest BCUT2D eigenvalue weighted by atomic mass is 35.5. The van der Waals surface area contributed by atoms with Gasteiger partial charge in [0.15, 0.2) is 0 Å². The first kappa shape index (κ1) is 18.8. The summed E-state index contributed by atoms with van der Waals surface area (Å²) in [4.78, 5) is 12.8. The third kappa shape index (κ3) is 3.73. The molecular formula is C21H16Cl3NO. The Balaban J connectivity index is 2.20. The van der Waals surface area contributed by atoms with Crippen molar-refractivity contribution in [1.82, 2.24) is 0 Å². The van der Waals surface area contributed by atoms with Crippen LogP contribution < -0.4 is 5.73 Å². The SMILES string of the molecule is NC(=O)C(Cc1ccc(Cl)cc1)(c1ccc(Cl)cc1)c1ccc(Cl)cc1. The summed E-state index contributed by atoms with van der Waals surface area (Å²) in [5.41, 5.74) is 7.39. The molecule has 2 N–H and O–H groups in total. The highest BCUT2D eigenvalue weighted by molar-refractivity contribution is 6.31. The number of carbonyl (C=O) groups is 1. The Morgan fingerprint density at radius 2 is 1.04 bits per heavy atom. The van der Waals surface area contributed by atoms with Gasteiger partial charge < -0.3 is 5.73 Å². The topological polar surface area (TPSA) is 43.1 Å². The number of hydrogen-bond acceptors (Lipinski definition) is 1. The van der Waals surface area contributed by atoms with Crippen LogP contribution in [0.3, 0.4) is 0 Å². The van der Waals surface area contributed by atoms with E-state index < -0.39 is 11.3 Å². The number of amides is 1. The number of hydrogen-bond donors (Lipinski definition) is 1. The number of halogens is 3. The summed E-state index contributed by atoms with van der Waals surface area (Å²) in [6.07, 6.45) is 0.392. The van der Waals surface area contributed by atoms with Gasteiger partial charge in [0.2, 0.25) is 5.91 Å². The fourth-order valence-corrected chi connectivity index (χ4v) is 3.50. The van der Waals surface area contributed by atoms with Gasteiger partial charge in [-0.2, -0.15) is 0 Å². The Morgan fingerprint density at radius 1 is 0.692 bits per heavy atom. The molecule has 0 unspecified atom stereocenters. The standard InChI is InChI=1S/C21H16Cl3NO/c22-17-7-1-14(2-8-17)13-21(20(25)26,15-3-9-18(23)10-4-15)16-5-11-19(24)12-6-16/h1-12H,13H2,(H2,25,26). The van der Waals surface area contributed by atoms with Crippen LogP contribution in [0.5, 0.6) is 0 Å². The van der Waals surface area contributed by atoms with Crippen LogP contribution in [-0.4, -0.2) is 5.91 Å². The zero-order valence-electron chi connectivity index (χ0n) is 13.8. The summed E-state index contributed by atoms with van der Waals surface area (Å²) in [5, 5.41) is 1.82. The zero-order chi connectivity index (χ0) is 18.7. The second-order valence-corrected chi connectivity index (χ2v) is 7.40. The predicted molar refractivity (Wildman–Crippen MR) is 108 cm³/mol. The number of nitrogens with two attached hydrogens (primary N) is 1. The normalized spacial score (nSPS) is 11.3. The van der Waals surface area contributed by atoms with Crippen LogP contribution in [0.1, 0.15) is 16.7 Å². The van der Waals surface area contributed by atoms with Crippen molar-refractivity contribution < 1.29 is 4.79 Å². The minimum absolute atomic E-state index is 0.392. The summed E-state index contributed by atoms with van der Waals surface area (Å²) in [6, 6.07) is 21.7. The maximum absolute atomic E-state index is 12.8. The van der Waals surface area contributed by atoms with Gasteiger partial charge in [0, 0.05) is 15.1 Å². The lowest BCUT2D eigenvalue weighted by Gasteiger charge is -2.32. The van der Waals surface area contributed by atoms with Gasteiger partial charge >= 0.3 is 0 Å². The van der Waals surface area contributed by atoms with E-state index in [9.17, 15) is 4.79 Å². The summed E-state index contributed by atoms with van der Waals surface area (Å²) >= 11 is 18.1. The highest BCUT2D eigenvalue weighted by Crippen LogP contribution is 2.37. The minimum Gasteiger partial charge on any atom is -0.369 e. The van der Waals surface area contributed by atoms with Crippen LogP contribution >= 0.6 is 34.8 Å². The molecule has 3 aromatic carbocycles. The molecule has 0 atom stereocenters. The number of rotatable bonds is 5. The van der Waals surface area contributed by atoms with Gasteiger partial charge in [-0.25, -0.2) is 0 Å². The largest absolute Gasteiger partial charge is 0.369 e. The molecule has 0 radical (unpaired) electrons. The molecular weight excluding hydrogens is 389 g/mol. The third-order valence-electron chi connectivity index (χ3n) is 4.48. The maximum atomic E-state index is 12.8. The monoisotopic (exact) mass is 403 g/mol. The Morgan fingerprint density at radius 3 is 1.38 bits per heavy atom. The third-order valence-corrected chi connectivity index (χ3v) is 5.23. The van der Waals surface area contributed by atoms with Crippen molar-refractivity contribution in [2.45, 2.75) is 11.8 Å². The van der Waals surface area contributed by atoms with Gasteiger partial charge in [0.05, 0.1) is 0 Å². The first-order valence-corrected chi connectivity index (χ1v) is 9.11. The van der Waals surface area contributed by atoms with Crippen LogP contribution in [0.2, 0.25) is 15.1 Å². The highest BCUT2D eigenvalue weighted by Gasteiger charge is 2.40. The van der Waals surface area contributed by atoms with Crippen LogP contribution in [0.15, 0.2) is 72.8 Å². The lowest BCUT2D eigenvalue weighted by Crippen LogP contribution is -2.44. The summed E-state index contributed by atoms with van der Waals surface area (Å²) in [7, 11) is 0. The second kappa shape index (κ2) is 7.71. The van der Waals surface area contributed by atoms with Crippen molar-refractivity contribution in [3.05, 3.63) is 105 Å². The van der Waals surface area contributed by atoms with E-state index in [1.165, 1.54) is 0 Å². The Hall–Kier alpha value is -2.00. The van der Waals surface area contributed by atoms with Gasteiger partial charge in [-0.3, -0.25) is 4.79 Å². The van der Waals surface area contributed by atoms with Gasteiger partial charge in [-0.1, -0.05) is 71.2 Å². The molecule has 0 aliphatic carbocycles. The van der Waals surface area contributed by atoms with Gasteiger partial charge in [-0.15, -0.1) is 0 Å². The average molecular weight is 405 g/mol. The van der Waals surface area contributed by atoms with E-state index in [4.69, 9.17) is 40.5 Å². The Bertz CT molecular complexity index is 858. The lowest BCUT2D eigenvalue weighted by molar-refractivity contribution is -0.122. The number of primary amides is 1. The van der Waals surface area contributed by atoms with Gasteiger partial charge in [0.1, 0.15) is 5.41 Å². The van der Waals surface area contributed by atoms with E-state index in [2.05, 4.69) is 0 Å². The van der Waals surface area contributed by atoms with E-state index in [0.717, 1.165) is 16.7 Å². The molecule has 3 rings (SSSR count). The van der Waals surface area contributed by atoms with Crippen molar-refractivity contribution in [3.8, 4) is 0 Å². The van der Waals surface area contributed by atoms with E-state index in [1.807, 2.05) is 36.4 Å². The van der Waals surface area contributed by atoms with Gasteiger partial charge in [-0.05, 0) is 59.5 Å². The molecule has 0 saturated heterocycles. The molecule has 132 valence electrons. The summed E-state index contributed by atoms with van der Waals surface area (Å²) < 4.78 is 0. The molecule has 0 saturated carbocycles. The minimum atomic E-state index is -1.05. The molecule has 1 amide bonds. The predicted octanol–water partition coefficient (Wildman–Crippen LogP) is 5.66. The zero-order valence-corrected chi connectivity index (χ0v) is 16.0. The number of benzene rings is 3. The molecule has 0 aromatic heterocycles. The van der Waals surface area contributed by atoms with Crippen molar-refractivity contribution in [1.29, 1.82) is 0 Å².